The molecule has 0 bridgehead atoms. The van der Waals surface area contributed by atoms with E-state index < -0.39 is 0 Å². The Morgan fingerprint density at radius 3 is 2.55 bits per heavy atom. The van der Waals surface area contributed by atoms with Gasteiger partial charge in [0.1, 0.15) is 0 Å². The second-order valence-corrected chi connectivity index (χ2v) is 5.16. The van der Waals surface area contributed by atoms with Gasteiger partial charge in [0, 0.05) is 5.69 Å². The van der Waals surface area contributed by atoms with E-state index >= 15 is 0 Å². The van der Waals surface area contributed by atoms with E-state index in [1.807, 2.05) is 39.8 Å². The third kappa shape index (κ3) is 3.81. The molecule has 1 heterocycles. The number of aryl methyl sites for hydroxylation is 2. The highest BCUT2D eigenvalue weighted by atomic mass is 35.5. The van der Waals surface area contributed by atoms with Crippen LogP contribution in [0.25, 0.3) is 0 Å². The average molecular weight is 293 g/mol. The molecule has 6 heteroatoms. The predicted octanol–water partition coefficient (Wildman–Crippen LogP) is 3.67. The summed E-state index contributed by atoms with van der Waals surface area (Å²) in [6.07, 6.45) is -0.0255. The van der Waals surface area contributed by atoms with Crippen molar-refractivity contribution in [2.24, 2.45) is 0 Å². The lowest BCUT2D eigenvalue weighted by Gasteiger charge is -2.11. The van der Waals surface area contributed by atoms with Gasteiger partial charge in [-0.3, -0.25) is 0 Å². The molecule has 0 unspecified atom stereocenters. The standard InChI is InChI=1S/C14H17ClN4O/c1-8(2)20-14-18-12(15)17-13(19-14)16-11-6-5-9(3)7-10(11)4/h5-8H,1-4H3,(H,16,17,18,19). The Labute approximate surface area is 123 Å². The van der Waals surface area contributed by atoms with Gasteiger partial charge in [0.15, 0.2) is 0 Å². The molecule has 0 fully saturated rings. The molecule has 5 nitrogen and oxygen atoms in total. The van der Waals surface area contributed by atoms with Gasteiger partial charge in [-0.2, -0.15) is 15.0 Å². The highest BCUT2D eigenvalue weighted by Crippen LogP contribution is 2.21. The maximum absolute atomic E-state index is 5.88. The molecule has 1 N–H and O–H groups in total. The van der Waals surface area contributed by atoms with Crippen LogP contribution in [-0.4, -0.2) is 21.1 Å². The van der Waals surface area contributed by atoms with E-state index in [1.54, 1.807) is 0 Å². The summed E-state index contributed by atoms with van der Waals surface area (Å²) < 4.78 is 5.44. The van der Waals surface area contributed by atoms with E-state index in [4.69, 9.17) is 16.3 Å². The van der Waals surface area contributed by atoms with E-state index in [1.165, 1.54) is 5.56 Å². The molecular weight excluding hydrogens is 276 g/mol. The first-order valence-corrected chi connectivity index (χ1v) is 6.74. The van der Waals surface area contributed by atoms with Crippen LogP contribution in [0.1, 0.15) is 25.0 Å². The maximum atomic E-state index is 5.88. The van der Waals surface area contributed by atoms with Crippen LogP contribution >= 0.6 is 11.6 Å². The van der Waals surface area contributed by atoms with E-state index in [2.05, 4.69) is 26.3 Å². The zero-order chi connectivity index (χ0) is 14.7. The summed E-state index contributed by atoms with van der Waals surface area (Å²) in [7, 11) is 0. The predicted molar refractivity (Wildman–Crippen MR) is 79.8 cm³/mol. The van der Waals surface area contributed by atoms with Crippen molar-refractivity contribution in [3.05, 3.63) is 34.6 Å². The second kappa shape index (κ2) is 6.05. The topological polar surface area (TPSA) is 59.9 Å². The van der Waals surface area contributed by atoms with Gasteiger partial charge >= 0.3 is 6.01 Å². The van der Waals surface area contributed by atoms with Crippen LogP contribution in [0.5, 0.6) is 6.01 Å². The zero-order valence-corrected chi connectivity index (χ0v) is 12.7. The second-order valence-electron chi connectivity index (χ2n) is 4.82. The summed E-state index contributed by atoms with van der Waals surface area (Å²) in [5.74, 6) is 0.368. The van der Waals surface area contributed by atoms with Crippen LogP contribution in [0.15, 0.2) is 18.2 Å². The number of hydrogen-bond acceptors (Lipinski definition) is 5. The molecule has 2 aromatic rings. The van der Waals surface area contributed by atoms with Crippen molar-refractivity contribution < 1.29 is 4.74 Å². The quantitative estimate of drug-likeness (QED) is 0.931. The van der Waals surface area contributed by atoms with Crippen LogP contribution in [0.2, 0.25) is 5.28 Å². The monoisotopic (exact) mass is 292 g/mol. The lowest BCUT2D eigenvalue weighted by molar-refractivity contribution is 0.222. The van der Waals surface area contributed by atoms with Crippen LogP contribution in [-0.2, 0) is 0 Å². The molecule has 0 aliphatic carbocycles. The summed E-state index contributed by atoms with van der Waals surface area (Å²) in [5, 5.41) is 3.23. The van der Waals surface area contributed by atoms with Crippen molar-refractivity contribution in [2.75, 3.05) is 5.32 Å². The SMILES string of the molecule is Cc1ccc(Nc2nc(Cl)nc(OC(C)C)n2)c(C)c1. The summed E-state index contributed by atoms with van der Waals surface area (Å²) in [5.41, 5.74) is 3.23. The molecule has 0 saturated carbocycles. The largest absolute Gasteiger partial charge is 0.461 e. The van der Waals surface area contributed by atoms with Gasteiger partial charge in [0.05, 0.1) is 6.10 Å². The summed E-state index contributed by atoms with van der Waals surface area (Å²) >= 11 is 5.88. The molecule has 2 rings (SSSR count). The first kappa shape index (κ1) is 14.5. The molecule has 1 aromatic carbocycles. The summed E-state index contributed by atoms with van der Waals surface area (Å²) in [6, 6.07) is 6.29. The van der Waals surface area contributed by atoms with Gasteiger partial charge < -0.3 is 10.1 Å². The maximum Gasteiger partial charge on any atom is 0.322 e. The van der Waals surface area contributed by atoms with Crippen molar-refractivity contribution in [3.8, 4) is 6.01 Å². The first-order chi connectivity index (χ1) is 9.44. The Kier molecular flexibility index (Phi) is 4.39. The fraction of sp³-hybridized carbons (Fsp3) is 0.357. The number of halogens is 1. The Morgan fingerprint density at radius 2 is 1.90 bits per heavy atom. The van der Waals surface area contributed by atoms with Gasteiger partial charge in [-0.1, -0.05) is 17.7 Å². The third-order valence-electron chi connectivity index (χ3n) is 2.56. The van der Waals surface area contributed by atoms with Crippen molar-refractivity contribution in [2.45, 2.75) is 33.8 Å². The zero-order valence-electron chi connectivity index (χ0n) is 11.9. The smallest absolute Gasteiger partial charge is 0.322 e. The van der Waals surface area contributed by atoms with E-state index in [9.17, 15) is 0 Å². The van der Waals surface area contributed by atoms with Gasteiger partial charge in [0.25, 0.3) is 0 Å². The number of benzene rings is 1. The number of ether oxygens (including phenoxy) is 1. The normalized spacial score (nSPS) is 10.7. The lowest BCUT2D eigenvalue weighted by atomic mass is 10.1. The van der Waals surface area contributed by atoms with Crippen molar-refractivity contribution in [1.82, 2.24) is 15.0 Å². The number of nitrogens with zero attached hydrogens (tertiary/aromatic N) is 3. The van der Waals surface area contributed by atoms with Crippen LogP contribution in [0.3, 0.4) is 0 Å². The molecule has 0 atom stereocenters. The Balaban J connectivity index is 2.26. The molecule has 0 radical (unpaired) electrons. The molecular formula is C14H17ClN4O. The fourth-order valence-electron chi connectivity index (χ4n) is 1.73. The van der Waals surface area contributed by atoms with E-state index in [0.717, 1.165) is 11.3 Å². The Hall–Kier alpha value is -1.88. The van der Waals surface area contributed by atoms with Gasteiger partial charge in [-0.05, 0) is 50.9 Å². The molecule has 0 amide bonds. The van der Waals surface area contributed by atoms with Crippen LogP contribution in [0, 0.1) is 13.8 Å². The van der Waals surface area contributed by atoms with Crippen molar-refractivity contribution in [1.29, 1.82) is 0 Å². The van der Waals surface area contributed by atoms with Crippen LogP contribution < -0.4 is 10.1 Å². The minimum absolute atomic E-state index is 0.0255. The van der Waals surface area contributed by atoms with Gasteiger partial charge in [0.2, 0.25) is 11.2 Å². The molecule has 0 saturated heterocycles. The summed E-state index contributed by atoms with van der Waals surface area (Å²) in [6.45, 7) is 7.86. The summed E-state index contributed by atoms with van der Waals surface area (Å²) in [4.78, 5) is 12.2. The number of aromatic nitrogens is 3. The number of anilines is 2. The van der Waals surface area contributed by atoms with Crippen molar-refractivity contribution >= 4 is 23.2 Å². The molecule has 0 aliphatic heterocycles. The molecule has 0 aliphatic rings. The number of hydrogen-bond donors (Lipinski definition) is 1. The molecule has 20 heavy (non-hydrogen) atoms. The minimum Gasteiger partial charge on any atom is -0.461 e. The highest BCUT2D eigenvalue weighted by Gasteiger charge is 2.09. The number of rotatable bonds is 4. The highest BCUT2D eigenvalue weighted by molar-refractivity contribution is 6.28. The third-order valence-corrected chi connectivity index (χ3v) is 2.73. The lowest BCUT2D eigenvalue weighted by Crippen LogP contribution is -2.10. The number of nitrogens with one attached hydrogen (secondary N) is 1. The minimum atomic E-state index is -0.0255. The molecule has 106 valence electrons. The van der Waals surface area contributed by atoms with Gasteiger partial charge in [-0.15, -0.1) is 0 Å². The van der Waals surface area contributed by atoms with Gasteiger partial charge in [-0.25, -0.2) is 0 Å². The fourth-order valence-corrected chi connectivity index (χ4v) is 1.88. The first-order valence-electron chi connectivity index (χ1n) is 6.36. The Morgan fingerprint density at radius 1 is 1.15 bits per heavy atom. The average Bonchev–Trinajstić information content (AvgIpc) is 2.31. The van der Waals surface area contributed by atoms with Crippen LogP contribution in [0.4, 0.5) is 11.6 Å². The van der Waals surface area contributed by atoms with E-state index in [-0.39, 0.29) is 17.4 Å². The Bertz CT molecular complexity index is 616. The molecule has 0 spiro atoms. The van der Waals surface area contributed by atoms with Crippen molar-refractivity contribution in [3.63, 3.8) is 0 Å². The molecule has 1 aromatic heterocycles. The van der Waals surface area contributed by atoms with E-state index in [0.29, 0.717) is 5.95 Å².